The van der Waals surface area contributed by atoms with Crippen molar-refractivity contribution in [1.29, 1.82) is 0 Å². The van der Waals surface area contributed by atoms with E-state index in [1.165, 1.54) is 6.07 Å². The van der Waals surface area contributed by atoms with Gasteiger partial charge in [-0.25, -0.2) is 0 Å². The second kappa shape index (κ2) is 11.8. The van der Waals surface area contributed by atoms with Gasteiger partial charge in [-0.1, -0.05) is 73.4 Å². The molecule has 4 aromatic rings. The Morgan fingerprint density at radius 1 is 0.878 bits per heavy atom. The van der Waals surface area contributed by atoms with Crippen LogP contribution in [0, 0.1) is 0 Å². The van der Waals surface area contributed by atoms with Crippen molar-refractivity contribution in [1.82, 2.24) is 15.4 Å². The fourth-order valence-electron chi connectivity index (χ4n) is 4.36. The van der Waals surface area contributed by atoms with Gasteiger partial charge in [-0.2, -0.15) is 0 Å². The molecule has 1 N–H and O–H groups in total. The number of benzene rings is 3. The van der Waals surface area contributed by atoms with Gasteiger partial charge in [-0.3, -0.25) is 9.59 Å². The van der Waals surface area contributed by atoms with Crippen LogP contribution in [-0.2, 0) is 25.0 Å². The molecule has 8 nitrogen and oxygen atoms in total. The highest BCUT2D eigenvalue weighted by atomic mass is 35.5. The number of hydrogen-bond donors (Lipinski definition) is 1. The van der Waals surface area contributed by atoms with Gasteiger partial charge in [-0.15, -0.1) is 0 Å². The van der Waals surface area contributed by atoms with E-state index < -0.39 is 5.91 Å². The molecule has 0 fully saturated rings. The summed E-state index contributed by atoms with van der Waals surface area (Å²) in [5.41, 5.74) is 3.36. The van der Waals surface area contributed by atoms with Crippen LogP contribution >= 0.6 is 23.2 Å². The van der Waals surface area contributed by atoms with Gasteiger partial charge in [0.15, 0.2) is 23.0 Å². The van der Waals surface area contributed by atoms with Crippen LogP contribution in [0.4, 0.5) is 0 Å². The predicted octanol–water partition coefficient (Wildman–Crippen LogP) is 6.78. The smallest absolute Gasteiger partial charge is 0.273 e. The van der Waals surface area contributed by atoms with E-state index in [1.807, 2.05) is 42.5 Å². The minimum absolute atomic E-state index is 0.0408. The van der Waals surface area contributed by atoms with E-state index in [0.29, 0.717) is 32.9 Å². The molecule has 0 aliphatic carbocycles. The molecule has 0 radical (unpaired) electrons. The van der Waals surface area contributed by atoms with Gasteiger partial charge in [0.25, 0.3) is 11.8 Å². The van der Waals surface area contributed by atoms with E-state index in [2.05, 4.69) is 31.2 Å². The SMILES string of the molecule is CC(C)(C)c1ccc(C(=O)N(Cc2ccc(Cl)c(Cl)c2)Cc2cc(C(=O)NCc3ccc4c(c3)OCO4)no2)cc1. The van der Waals surface area contributed by atoms with Gasteiger partial charge in [0.2, 0.25) is 6.79 Å². The average molecular weight is 594 g/mol. The molecule has 0 saturated heterocycles. The lowest BCUT2D eigenvalue weighted by molar-refractivity contribution is 0.0713. The largest absolute Gasteiger partial charge is 0.454 e. The van der Waals surface area contributed by atoms with Crippen molar-refractivity contribution in [2.45, 2.75) is 45.8 Å². The van der Waals surface area contributed by atoms with Crippen molar-refractivity contribution in [3.05, 3.63) is 110 Å². The third kappa shape index (κ3) is 6.84. The van der Waals surface area contributed by atoms with E-state index in [9.17, 15) is 9.59 Å². The Labute approximate surface area is 248 Å². The van der Waals surface area contributed by atoms with Crippen LogP contribution in [-0.4, -0.2) is 28.7 Å². The number of hydrogen-bond acceptors (Lipinski definition) is 6. The highest BCUT2D eigenvalue weighted by molar-refractivity contribution is 6.42. The number of ether oxygens (including phenoxy) is 2. The van der Waals surface area contributed by atoms with Crippen LogP contribution in [0.1, 0.15) is 64.1 Å². The zero-order valence-corrected chi connectivity index (χ0v) is 24.4. The number of nitrogens with one attached hydrogen (secondary N) is 1. The summed E-state index contributed by atoms with van der Waals surface area (Å²) in [6.07, 6.45) is 0. The summed E-state index contributed by atoms with van der Waals surface area (Å²) in [7, 11) is 0. The Morgan fingerprint density at radius 2 is 1.61 bits per heavy atom. The molecular formula is C31H29Cl2N3O5. The van der Waals surface area contributed by atoms with Crippen LogP contribution < -0.4 is 14.8 Å². The third-order valence-electron chi connectivity index (χ3n) is 6.67. The van der Waals surface area contributed by atoms with Gasteiger partial charge in [0.05, 0.1) is 16.6 Å². The maximum atomic E-state index is 13.7. The minimum Gasteiger partial charge on any atom is -0.454 e. The van der Waals surface area contributed by atoms with E-state index in [0.717, 1.165) is 16.7 Å². The molecule has 0 spiro atoms. The lowest BCUT2D eigenvalue weighted by Gasteiger charge is -2.23. The van der Waals surface area contributed by atoms with Crippen LogP contribution in [0.2, 0.25) is 10.0 Å². The maximum Gasteiger partial charge on any atom is 0.273 e. The lowest BCUT2D eigenvalue weighted by Crippen LogP contribution is -2.30. The molecule has 5 rings (SSSR count). The number of aromatic nitrogens is 1. The van der Waals surface area contributed by atoms with E-state index in [1.54, 1.807) is 23.1 Å². The normalized spacial score (nSPS) is 12.3. The van der Waals surface area contributed by atoms with Crippen molar-refractivity contribution < 1.29 is 23.6 Å². The standard InChI is InChI=1S/C31H29Cl2N3O5/c1-31(2,3)22-8-6-21(7-9-22)30(38)36(16-20-4-10-24(32)25(33)12-20)17-23-14-26(35-41-23)29(37)34-15-19-5-11-27-28(13-19)40-18-39-27/h4-14H,15-18H2,1-3H3,(H,34,37). The molecule has 0 unspecified atom stereocenters. The Hall–Kier alpha value is -4.01. The van der Waals surface area contributed by atoms with Crippen molar-refractivity contribution in [3.8, 4) is 11.5 Å². The fourth-order valence-corrected chi connectivity index (χ4v) is 4.68. The van der Waals surface area contributed by atoms with Crippen LogP contribution in [0.3, 0.4) is 0 Å². The summed E-state index contributed by atoms with van der Waals surface area (Å²) in [5, 5.41) is 7.58. The molecule has 3 aromatic carbocycles. The Morgan fingerprint density at radius 3 is 2.34 bits per heavy atom. The Bertz CT molecular complexity index is 1580. The van der Waals surface area contributed by atoms with Gasteiger partial charge < -0.3 is 24.2 Å². The number of nitrogens with zero attached hydrogens (tertiary/aromatic N) is 2. The van der Waals surface area contributed by atoms with E-state index >= 15 is 0 Å². The molecular weight excluding hydrogens is 565 g/mol. The van der Waals surface area contributed by atoms with Gasteiger partial charge in [-0.05, 0) is 58.5 Å². The predicted molar refractivity (Wildman–Crippen MR) is 155 cm³/mol. The summed E-state index contributed by atoms with van der Waals surface area (Å²) < 4.78 is 16.2. The zero-order valence-electron chi connectivity index (χ0n) is 22.9. The first kappa shape index (κ1) is 28.5. The average Bonchev–Trinajstić information content (AvgIpc) is 3.62. The second-order valence-electron chi connectivity index (χ2n) is 10.8. The van der Waals surface area contributed by atoms with Crippen molar-refractivity contribution in [3.63, 3.8) is 0 Å². The maximum absolute atomic E-state index is 13.7. The quantitative estimate of drug-likeness (QED) is 0.242. The van der Waals surface area contributed by atoms with Gasteiger partial charge >= 0.3 is 0 Å². The van der Waals surface area contributed by atoms with Gasteiger partial charge in [0, 0.05) is 24.7 Å². The van der Waals surface area contributed by atoms with Crippen LogP contribution in [0.5, 0.6) is 11.5 Å². The molecule has 41 heavy (non-hydrogen) atoms. The fraction of sp³-hybridized carbons (Fsp3) is 0.258. The molecule has 2 amide bonds. The minimum atomic E-state index is -0.405. The third-order valence-corrected chi connectivity index (χ3v) is 7.41. The number of amides is 2. The molecule has 1 aliphatic rings. The Balaban J connectivity index is 1.31. The first-order chi connectivity index (χ1) is 19.6. The summed E-state index contributed by atoms with van der Waals surface area (Å²) in [6, 6.07) is 19.8. The summed E-state index contributed by atoms with van der Waals surface area (Å²) in [4.78, 5) is 28.0. The van der Waals surface area contributed by atoms with Crippen molar-refractivity contribution >= 4 is 35.0 Å². The zero-order chi connectivity index (χ0) is 29.1. The first-order valence-electron chi connectivity index (χ1n) is 13.0. The Kier molecular flexibility index (Phi) is 8.24. The van der Waals surface area contributed by atoms with E-state index in [4.69, 9.17) is 37.2 Å². The number of halogens is 2. The molecule has 10 heteroatoms. The number of carbonyl (C=O) groups excluding carboxylic acids is 2. The topological polar surface area (TPSA) is 93.9 Å². The summed E-state index contributed by atoms with van der Waals surface area (Å²) in [5.74, 6) is 1.06. The van der Waals surface area contributed by atoms with Gasteiger partial charge in [0.1, 0.15) is 0 Å². The van der Waals surface area contributed by atoms with Crippen molar-refractivity contribution in [2.24, 2.45) is 0 Å². The molecule has 0 atom stereocenters. The monoisotopic (exact) mass is 593 g/mol. The number of rotatable bonds is 8. The summed E-state index contributed by atoms with van der Waals surface area (Å²) in [6.45, 7) is 7.13. The first-order valence-corrected chi connectivity index (χ1v) is 13.8. The molecule has 1 aromatic heterocycles. The van der Waals surface area contributed by atoms with E-state index in [-0.39, 0.29) is 43.4 Å². The molecule has 212 valence electrons. The van der Waals surface area contributed by atoms with Crippen molar-refractivity contribution in [2.75, 3.05) is 6.79 Å². The molecule has 0 bridgehead atoms. The summed E-state index contributed by atoms with van der Waals surface area (Å²) >= 11 is 12.3. The molecule has 0 saturated carbocycles. The number of carbonyl (C=O) groups is 2. The van der Waals surface area contributed by atoms with Crippen LogP contribution in [0.15, 0.2) is 71.3 Å². The highest BCUT2D eigenvalue weighted by Crippen LogP contribution is 2.32. The lowest BCUT2D eigenvalue weighted by atomic mass is 9.86. The molecule has 2 heterocycles. The highest BCUT2D eigenvalue weighted by Gasteiger charge is 2.22. The second-order valence-corrected chi connectivity index (χ2v) is 11.6. The molecule has 1 aliphatic heterocycles. The van der Waals surface area contributed by atoms with Crippen LogP contribution in [0.25, 0.3) is 0 Å². The number of fused-ring (bicyclic) bond motifs is 1.